The highest BCUT2D eigenvalue weighted by Gasteiger charge is 2.27. The van der Waals surface area contributed by atoms with Crippen molar-refractivity contribution in [3.63, 3.8) is 0 Å². The van der Waals surface area contributed by atoms with Crippen LogP contribution in [-0.2, 0) is 4.79 Å². The Balaban J connectivity index is 1.99. The predicted octanol–water partition coefficient (Wildman–Crippen LogP) is 4.04. The summed E-state index contributed by atoms with van der Waals surface area (Å²) in [6.45, 7) is 1.48. The lowest BCUT2D eigenvalue weighted by molar-refractivity contribution is -0.119. The van der Waals surface area contributed by atoms with E-state index in [1.807, 2.05) is 78.9 Å². The molecule has 0 aliphatic heterocycles. The van der Waals surface area contributed by atoms with Gasteiger partial charge in [0.05, 0.1) is 12.1 Å². The third-order valence-corrected chi connectivity index (χ3v) is 4.33. The first-order valence-corrected chi connectivity index (χ1v) is 8.88. The van der Waals surface area contributed by atoms with Crippen LogP contribution in [0.5, 0.6) is 0 Å². The van der Waals surface area contributed by atoms with Crippen LogP contribution in [0.2, 0.25) is 0 Å². The number of amides is 2. The molecule has 3 rings (SSSR count). The maximum absolute atomic E-state index is 12.8. The van der Waals surface area contributed by atoms with Crippen LogP contribution in [0.1, 0.15) is 40.5 Å². The lowest BCUT2D eigenvalue weighted by Gasteiger charge is -2.29. The minimum Gasteiger partial charge on any atom is -0.347 e. The molecule has 0 spiro atoms. The highest BCUT2D eigenvalue weighted by Crippen LogP contribution is 2.29. The van der Waals surface area contributed by atoms with Crippen LogP contribution in [0, 0.1) is 0 Å². The fourth-order valence-corrected chi connectivity index (χ4v) is 3.07. The molecule has 136 valence electrons. The summed E-state index contributed by atoms with van der Waals surface area (Å²) in [5, 5.41) is 6.10. The van der Waals surface area contributed by atoms with Crippen LogP contribution in [0.25, 0.3) is 0 Å². The van der Waals surface area contributed by atoms with Crippen LogP contribution in [0.15, 0.2) is 91.0 Å². The molecular formula is C23H22N2O2. The van der Waals surface area contributed by atoms with Gasteiger partial charge in [0.25, 0.3) is 5.91 Å². The van der Waals surface area contributed by atoms with E-state index in [9.17, 15) is 9.59 Å². The van der Waals surface area contributed by atoms with Crippen molar-refractivity contribution in [2.45, 2.75) is 19.0 Å². The minimum absolute atomic E-state index is 0.154. The summed E-state index contributed by atoms with van der Waals surface area (Å²) in [5.41, 5.74) is 2.42. The zero-order valence-corrected chi connectivity index (χ0v) is 15.1. The molecule has 0 aliphatic rings. The van der Waals surface area contributed by atoms with Crippen molar-refractivity contribution in [2.75, 3.05) is 0 Å². The number of hydrogen-bond acceptors (Lipinski definition) is 2. The fourth-order valence-electron chi connectivity index (χ4n) is 3.07. The van der Waals surface area contributed by atoms with Crippen LogP contribution in [0.4, 0.5) is 0 Å². The van der Waals surface area contributed by atoms with Gasteiger partial charge in [-0.15, -0.1) is 0 Å². The molecule has 2 amide bonds. The first kappa shape index (κ1) is 18.4. The van der Waals surface area contributed by atoms with E-state index in [0.717, 1.165) is 11.1 Å². The summed E-state index contributed by atoms with van der Waals surface area (Å²) >= 11 is 0. The maximum atomic E-state index is 12.8. The maximum Gasteiger partial charge on any atom is 0.251 e. The van der Waals surface area contributed by atoms with Gasteiger partial charge in [0.1, 0.15) is 0 Å². The molecule has 0 saturated carbocycles. The molecule has 0 fully saturated rings. The molecular weight excluding hydrogens is 336 g/mol. The summed E-state index contributed by atoms with van der Waals surface area (Å²) in [4.78, 5) is 24.7. The largest absolute Gasteiger partial charge is 0.347 e. The van der Waals surface area contributed by atoms with Crippen LogP contribution in [0.3, 0.4) is 0 Å². The van der Waals surface area contributed by atoms with Gasteiger partial charge in [-0.1, -0.05) is 78.9 Å². The van der Waals surface area contributed by atoms with Gasteiger partial charge in [-0.25, -0.2) is 0 Å². The van der Waals surface area contributed by atoms with Gasteiger partial charge < -0.3 is 10.6 Å². The number of carbonyl (C=O) groups excluding carboxylic acids is 2. The molecule has 4 heteroatoms. The van der Waals surface area contributed by atoms with Gasteiger partial charge >= 0.3 is 0 Å². The van der Waals surface area contributed by atoms with Gasteiger partial charge in [-0.05, 0) is 23.3 Å². The van der Waals surface area contributed by atoms with Crippen molar-refractivity contribution in [2.24, 2.45) is 0 Å². The van der Waals surface area contributed by atoms with Crippen molar-refractivity contribution >= 4 is 11.8 Å². The molecule has 27 heavy (non-hydrogen) atoms. The zero-order valence-electron chi connectivity index (χ0n) is 15.1. The zero-order chi connectivity index (χ0) is 19.1. The molecule has 0 bridgehead atoms. The SMILES string of the molecule is CC(=O)N[C@@H](c1ccccc1)[C@H](NC(=O)c1ccccc1)c1ccccc1. The molecule has 4 nitrogen and oxygen atoms in total. The van der Waals surface area contributed by atoms with Gasteiger partial charge in [-0.3, -0.25) is 9.59 Å². The monoisotopic (exact) mass is 358 g/mol. The van der Waals surface area contributed by atoms with Crippen molar-refractivity contribution in [3.8, 4) is 0 Å². The number of benzene rings is 3. The Hall–Kier alpha value is -3.40. The first-order valence-electron chi connectivity index (χ1n) is 8.88. The van der Waals surface area contributed by atoms with E-state index in [0.29, 0.717) is 5.56 Å². The van der Waals surface area contributed by atoms with E-state index in [-0.39, 0.29) is 11.8 Å². The van der Waals surface area contributed by atoms with Crippen molar-refractivity contribution in [1.82, 2.24) is 10.6 Å². The number of carbonyl (C=O) groups is 2. The van der Waals surface area contributed by atoms with E-state index in [2.05, 4.69) is 10.6 Å². The van der Waals surface area contributed by atoms with Crippen molar-refractivity contribution in [1.29, 1.82) is 0 Å². The highest BCUT2D eigenvalue weighted by molar-refractivity contribution is 5.94. The molecule has 0 unspecified atom stereocenters. The van der Waals surface area contributed by atoms with E-state index in [4.69, 9.17) is 0 Å². The Morgan fingerprint density at radius 2 is 1.04 bits per heavy atom. The first-order chi connectivity index (χ1) is 13.1. The van der Waals surface area contributed by atoms with E-state index in [1.54, 1.807) is 12.1 Å². The third-order valence-electron chi connectivity index (χ3n) is 4.33. The van der Waals surface area contributed by atoms with Crippen molar-refractivity contribution in [3.05, 3.63) is 108 Å². The van der Waals surface area contributed by atoms with E-state index < -0.39 is 12.1 Å². The lowest BCUT2D eigenvalue weighted by Crippen LogP contribution is -2.40. The van der Waals surface area contributed by atoms with Gasteiger partial charge in [0.2, 0.25) is 5.91 Å². The Morgan fingerprint density at radius 1 is 0.630 bits per heavy atom. The number of hydrogen-bond donors (Lipinski definition) is 2. The van der Waals surface area contributed by atoms with E-state index >= 15 is 0 Å². The Labute approximate surface area is 159 Å². The molecule has 0 aromatic heterocycles. The number of rotatable bonds is 6. The Kier molecular flexibility index (Phi) is 6.00. The second-order valence-electron chi connectivity index (χ2n) is 6.32. The van der Waals surface area contributed by atoms with Gasteiger partial charge in [0.15, 0.2) is 0 Å². The van der Waals surface area contributed by atoms with Crippen LogP contribution >= 0.6 is 0 Å². The quantitative estimate of drug-likeness (QED) is 0.699. The summed E-state index contributed by atoms with van der Waals surface area (Å²) in [7, 11) is 0. The Bertz CT molecular complexity index is 880. The second-order valence-corrected chi connectivity index (χ2v) is 6.32. The Morgan fingerprint density at radius 3 is 1.48 bits per heavy atom. The highest BCUT2D eigenvalue weighted by atomic mass is 16.2. The third kappa shape index (κ3) is 4.82. The predicted molar refractivity (Wildman–Crippen MR) is 106 cm³/mol. The smallest absolute Gasteiger partial charge is 0.251 e. The molecule has 3 aromatic rings. The molecule has 0 saturated heterocycles. The van der Waals surface area contributed by atoms with Gasteiger partial charge in [-0.2, -0.15) is 0 Å². The average molecular weight is 358 g/mol. The normalized spacial score (nSPS) is 12.6. The number of nitrogens with one attached hydrogen (secondary N) is 2. The fraction of sp³-hybridized carbons (Fsp3) is 0.130. The lowest BCUT2D eigenvalue weighted by atomic mass is 9.92. The molecule has 0 aliphatic carbocycles. The molecule has 2 N–H and O–H groups in total. The van der Waals surface area contributed by atoms with Crippen LogP contribution in [-0.4, -0.2) is 11.8 Å². The molecule has 0 heterocycles. The topological polar surface area (TPSA) is 58.2 Å². The van der Waals surface area contributed by atoms with Crippen LogP contribution < -0.4 is 10.6 Å². The summed E-state index contributed by atoms with van der Waals surface area (Å²) in [6, 6.07) is 27.6. The van der Waals surface area contributed by atoms with Gasteiger partial charge in [0, 0.05) is 12.5 Å². The molecule has 2 atom stereocenters. The summed E-state index contributed by atoms with van der Waals surface area (Å²) < 4.78 is 0. The molecule has 0 radical (unpaired) electrons. The second kappa shape index (κ2) is 8.81. The summed E-state index contributed by atoms with van der Waals surface area (Å²) in [6.07, 6.45) is 0. The standard InChI is InChI=1S/C23H22N2O2/c1-17(26)24-21(18-11-5-2-6-12-18)22(19-13-7-3-8-14-19)25-23(27)20-15-9-4-10-16-20/h2-16,21-22H,1H3,(H,24,26)(H,25,27)/t21-,22+/m0/s1. The van der Waals surface area contributed by atoms with Crippen molar-refractivity contribution < 1.29 is 9.59 Å². The minimum atomic E-state index is -0.412. The molecule has 3 aromatic carbocycles. The average Bonchev–Trinajstić information content (AvgIpc) is 2.72. The summed E-state index contributed by atoms with van der Waals surface area (Å²) in [5.74, 6) is -0.338. The van der Waals surface area contributed by atoms with E-state index in [1.165, 1.54) is 6.92 Å².